The lowest BCUT2D eigenvalue weighted by atomic mass is 10.0. The van der Waals surface area contributed by atoms with E-state index < -0.39 is 0 Å². The van der Waals surface area contributed by atoms with Gasteiger partial charge >= 0.3 is 0 Å². The molecule has 0 bridgehead atoms. The van der Waals surface area contributed by atoms with Crippen LogP contribution in [0.4, 0.5) is 0 Å². The smallest absolute Gasteiger partial charge is 0.207 e. The van der Waals surface area contributed by atoms with E-state index in [9.17, 15) is 0 Å². The van der Waals surface area contributed by atoms with Crippen LogP contribution >= 0.6 is 23.4 Å². The van der Waals surface area contributed by atoms with E-state index in [0.29, 0.717) is 12.2 Å². The lowest BCUT2D eigenvalue weighted by Gasteiger charge is -2.16. The molecule has 0 spiro atoms. The fourth-order valence-corrected chi connectivity index (χ4v) is 5.50. The van der Waals surface area contributed by atoms with Gasteiger partial charge in [-0.2, -0.15) is 9.61 Å². The van der Waals surface area contributed by atoms with Crippen molar-refractivity contribution in [1.82, 2.24) is 24.8 Å². The maximum atomic E-state index is 6.12. The van der Waals surface area contributed by atoms with E-state index in [0.717, 1.165) is 38.3 Å². The Bertz CT molecular complexity index is 1620. The minimum Gasteiger partial charge on any atom is -0.207 e. The van der Waals surface area contributed by atoms with Gasteiger partial charge in [0.15, 0.2) is 5.82 Å². The fourth-order valence-electron chi connectivity index (χ4n) is 4.23. The van der Waals surface area contributed by atoms with Gasteiger partial charge in [0.25, 0.3) is 5.78 Å². The minimum atomic E-state index is 0.102. The largest absolute Gasteiger partial charge is 0.272 e. The lowest BCUT2D eigenvalue weighted by molar-refractivity contribution is 0.771. The summed E-state index contributed by atoms with van der Waals surface area (Å²) in [6.45, 7) is 0. The molecule has 2 aromatic heterocycles. The van der Waals surface area contributed by atoms with Gasteiger partial charge in [-0.1, -0.05) is 103 Å². The van der Waals surface area contributed by atoms with Crippen LogP contribution in [0.15, 0.2) is 120 Å². The van der Waals surface area contributed by atoms with Crippen molar-refractivity contribution in [2.24, 2.45) is 0 Å². The lowest BCUT2D eigenvalue weighted by Crippen LogP contribution is -2.08. The van der Waals surface area contributed by atoms with Crippen LogP contribution in [0.25, 0.3) is 28.3 Å². The molecule has 5 nitrogen and oxygen atoms in total. The first-order valence-electron chi connectivity index (χ1n) is 11.9. The van der Waals surface area contributed by atoms with Gasteiger partial charge < -0.3 is 0 Å². The Morgan fingerprint density at radius 1 is 0.676 bits per heavy atom. The second kappa shape index (κ2) is 10.5. The van der Waals surface area contributed by atoms with E-state index in [-0.39, 0.29) is 5.25 Å². The molecule has 4 aromatic carbocycles. The van der Waals surface area contributed by atoms with Crippen LogP contribution in [0, 0.1) is 0 Å². The molecule has 0 aliphatic rings. The summed E-state index contributed by atoms with van der Waals surface area (Å²) in [7, 11) is 0. The predicted octanol–water partition coefficient (Wildman–Crippen LogP) is 7.58. The molecule has 180 valence electrons. The van der Waals surface area contributed by atoms with E-state index in [1.807, 2.05) is 78.9 Å². The Morgan fingerprint density at radius 2 is 1.27 bits per heavy atom. The molecule has 2 heterocycles. The van der Waals surface area contributed by atoms with E-state index in [2.05, 4.69) is 46.6 Å². The fraction of sp³-hybridized carbons (Fsp3) is 0.0667. The predicted molar refractivity (Wildman–Crippen MR) is 150 cm³/mol. The first-order valence-corrected chi connectivity index (χ1v) is 13.2. The number of halogens is 1. The summed E-state index contributed by atoms with van der Waals surface area (Å²) in [6, 6.07) is 38.6. The number of rotatable bonds is 7. The number of benzene rings is 4. The van der Waals surface area contributed by atoms with E-state index in [1.165, 1.54) is 5.56 Å². The third-order valence-electron chi connectivity index (χ3n) is 6.05. The summed E-state index contributed by atoms with van der Waals surface area (Å²) in [5, 5.41) is 14.8. The zero-order valence-corrected chi connectivity index (χ0v) is 21.3. The highest BCUT2D eigenvalue weighted by molar-refractivity contribution is 7.99. The quantitative estimate of drug-likeness (QED) is 0.203. The normalized spacial score (nSPS) is 12.0. The third-order valence-corrected chi connectivity index (χ3v) is 7.57. The molecule has 0 amide bonds. The molecule has 0 aliphatic heterocycles. The monoisotopic (exact) mass is 519 g/mol. The number of hydrogen-bond donors (Lipinski definition) is 0. The zero-order chi connectivity index (χ0) is 25.0. The second-order valence-corrected chi connectivity index (χ2v) is 10.3. The highest BCUT2D eigenvalue weighted by atomic mass is 35.5. The average Bonchev–Trinajstić information content (AvgIpc) is 3.36. The molecule has 6 aromatic rings. The molecule has 1 unspecified atom stereocenters. The Labute approximate surface area is 224 Å². The van der Waals surface area contributed by atoms with Gasteiger partial charge in [0.05, 0.1) is 0 Å². The molecule has 0 saturated heterocycles. The van der Waals surface area contributed by atoms with Crippen LogP contribution in [0.3, 0.4) is 0 Å². The Kier molecular flexibility index (Phi) is 6.67. The van der Waals surface area contributed by atoms with Crippen LogP contribution in [0.2, 0.25) is 5.02 Å². The van der Waals surface area contributed by atoms with Crippen molar-refractivity contribution in [2.75, 3.05) is 0 Å². The van der Waals surface area contributed by atoms with Crippen LogP contribution in [0.1, 0.15) is 16.6 Å². The molecule has 7 heteroatoms. The molecule has 0 fully saturated rings. The van der Waals surface area contributed by atoms with Gasteiger partial charge in [0, 0.05) is 32.7 Å². The van der Waals surface area contributed by atoms with Gasteiger partial charge in [0.1, 0.15) is 11.4 Å². The Balaban J connectivity index is 1.44. The van der Waals surface area contributed by atoms with Crippen molar-refractivity contribution >= 4 is 29.1 Å². The van der Waals surface area contributed by atoms with Gasteiger partial charge in [-0.15, -0.1) is 22.0 Å². The van der Waals surface area contributed by atoms with Crippen molar-refractivity contribution in [3.8, 4) is 22.5 Å². The topological polar surface area (TPSA) is 56.0 Å². The Hall–Kier alpha value is -4.00. The molecule has 0 N–H and O–H groups in total. The van der Waals surface area contributed by atoms with Crippen LogP contribution < -0.4 is 0 Å². The molecule has 0 radical (unpaired) electrons. The highest BCUT2D eigenvalue weighted by Gasteiger charge is 2.21. The maximum Gasteiger partial charge on any atom is 0.272 e. The summed E-state index contributed by atoms with van der Waals surface area (Å²) >= 11 is 7.89. The first-order chi connectivity index (χ1) is 18.2. The molecule has 1 atom stereocenters. The van der Waals surface area contributed by atoms with Crippen molar-refractivity contribution in [3.63, 3.8) is 0 Å². The van der Waals surface area contributed by atoms with Gasteiger partial charge in [-0.05, 0) is 29.8 Å². The molecule has 37 heavy (non-hydrogen) atoms. The van der Waals surface area contributed by atoms with Crippen LogP contribution in [-0.2, 0) is 6.42 Å². The van der Waals surface area contributed by atoms with Crippen LogP contribution in [0.5, 0.6) is 0 Å². The average molecular weight is 520 g/mol. The molecule has 0 saturated carbocycles. The summed E-state index contributed by atoms with van der Waals surface area (Å²) in [4.78, 5) is 6.06. The summed E-state index contributed by atoms with van der Waals surface area (Å²) in [5.74, 6) is 1.24. The van der Waals surface area contributed by atoms with E-state index in [4.69, 9.17) is 21.7 Å². The number of aromatic nitrogens is 5. The van der Waals surface area contributed by atoms with Crippen molar-refractivity contribution in [1.29, 1.82) is 0 Å². The van der Waals surface area contributed by atoms with Gasteiger partial charge in [-0.25, -0.2) is 4.98 Å². The number of fused-ring (bicyclic) bond motifs is 1. The van der Waals surface area contributed by atoms with Crippen molar-refractivity contribution < 1.29 is 0 Å². The standard InChI is InChI=1S/C30H22ClN5S/c31-24-16-18-25(19-17-24)37-26(21-10-4-1-5-11-21)20-27-33-34-30-32-28(22-12-6-2-7-13-22)29(35-36(27)30)23-14-8-3-9-15-23/h1-19,26H,20H2. The molecule has 6 rings (SSSR count). The van der Waals surface area contributed by atoms with Crippen LogP contribution in [-0.4, -0.2) is 24.8 Å². The van der Waals surface area contributed by atoms with Crippen molar-refractivity contribution in [3.05, 3.63) is 132 Å². The number of nitrogens with zero attached hydrogens (tertiary/aromatic N) is 5. The molecule has 0 aliphatic carbocycles. The number of hydrogen-bond acceptors (Lipinski definition) is 5. The summed E-state index contributed by atoms with van der Waals surface area (Å²) in [5.41, 5.74) is 4.76. The van der Waals surface area contributed by atoms with Crippen molar-refractivity contribution in [2.45, 2.75) is 16.6 Å². The Morgan fingerprint density at radius 3 is 1.92 bits per heavy atom. The van der Waals surface area contributed by atoms with E-state index >= 15 is 0 Å². The summed E-state index contributed by atoms with van der Waals surface area (Å²) < 4.78 is 1.78. The number of thioether (sulfide) groups is 1. The molecular weight excluding hydrogens is 498 g/mol. The minimum absolute atomic E-state index is 0.102. The third kappa shape index (κ3) is 5.12. The zero-order valence-electron chi connectivity index (χ0n) is 19.8. The SMILES string of the molecule is Clc1ccc(SC(Cc2nnc3nc(-c4ccccc4)c(-c4ccccc4)nn23)c2ccccc2)cc1. The summed E-state index contributed by atoms with van der Waals surface area (Å²) in [6.07, 6.45) is 0.631. The second-order valence-electron chi connectivity index (χ2n) is 8.54. The van der Waals surface area contributed by atoms with Gasteiger partial charge in [0.2, 0.25) is 0 Å². The van der Waals surface area contributed by atoms with Gasteiger partial charge in [-0.3, -0.25) is 0 Å². The highest BCUT2D eigenvalue weighted by Crippen LogP contribution is 2.38. The molecular formula is C30H22ClN5S. The van der Waals surface area contributed by atoms with E-state index in [1.54, 1.807) is 16.3 Å². The first kappa shape index (κ1) is 23.4. The maximum absolute atomic E-state index is 6.12.